The number of pyridine rings is 1. The highest BCUT2D eigenvalue weighted by molar-refractivity contribution is 6.32. The molecule has 0 bridgehead atoms. The van der Waals surface area contributed by atoms with Crippen molar-refractivity contribution < 1.29 is 36.3 Å². The Kier molecular flexibility index (Phi) is 6.96. The molecule has 29 heavy (non-hydrogen) atoms. The van der Waals surface area contributed by atoms with Gasteiger partial charge in [-0.05, 0) is 23.8 Å². The Balaban J connectivity index is 2.22. The first-order valence-corrected chi connectivity index (χ1v) is 8.22. The van der Waals surface area contributed by atoms with Crippen LogP contribution < -0.4 is 15.4 Å². The highest BCUT2D eigenvalue weighted by Gasteiger charge is 2.29. The van der Waals surface area contributed by atoms with Gasteiger partial charge in [0.1, 0.15) is 11.1 Å². The number of hydrogen-bond acceptors (Lipinski definition) is 4. The molecule has 1 aromatic heterocycles. The van der Waals surface area contributed by atoms with Crippen molar-refractivity contribution in [1.29, 1.82) is 0 Å². The van der Waals surface area contributed by atoms with Gasteiger partial charge in [0.05, 0.1) is 5.56 Å². The van der Waals surface area contributed by atoms with E-state index < -0.39 is 48.2 Å². The van der Waals surface area contributed by atoms with Crippen molar-refractivity contribution in [3.05, 3.63) is 58.2 Å². The van der Waals surface area contributed by atoms with Gasteiger partial charge < -0.3 is 15.4 Å². The molecule has 0 radical (unpaired) electrons. The lowest BCUT2D eigenvalue weighted by Crippen LogP contribution is -2.39. The molecule has 1 heterocycles. The van der Waals surface area contributed by atoms with E-state index in [1.807, 2.05) is 0 Å². The van der Waals surface area contributed by atoms with E-state index in [4.69, 9.17) is 11.6 Å². The van der Waals surface area contributed by atoms with Crippen LogP contribution in [-0.4, -0.2) is 36.6 Å². The van der Waals surface area contributed by atoms with Gasteiger partial charge in [0.15, 0.2) is 18.2 Å². The third kappa shape index (κ3) is 6.01. The molecular formula is C17H13ClF5N3O3. The Morgan fingerprint density at radius 1 is 1.21 bits per heavy atom. The number of aromatic nitrogens is 1. The minimum Gasteiger partial charge on any atom is -0.467 e. The second-order valence-electron chi connectivity index (χ2n) is 5.61. The van der Waals surface area contributed by atoms with Crippen LogP contribution in [0.2, 0.25) is 5.02 Å². The average molecular weight is 438 g/mol. The number of alkyl halides is 3. The van der Waals surface area contributed by atoms with Gasteiger partial charge in [-0.1, -0.05) is 17.7 Å². The summed E-state index contributed by atoms with van der Waals surface area (Å²) in [6.07, 6.45) is -3.72. The zero-order valence-corrected chi connectivity index (χ0v) is 15.4. The topological polar surface area (TPSA) is 80.3 Å². The van der Waals surface area contributed by atoms with Crippen molar-refractivity contribution >= 4 is 23.4 Å². The van der Waals surface area contributed by atoms with E-state index in [2.05, 4.69) is 20.4 Å². The van der Waals surface area contributed by atoms with Crippen LogP contribution in [0.5, 0.6) is 5.88 Å². The minimum atomic E-state index is -4.60. The predicted molar refractivity (Wildman–Crippen MR) is 91.4 cm³/mol. The first-order chi connectivity index (χ1) is 13.5. The molecule has 1 unspecified atom stereocenters. The van der Waals surface area contributed by atoms with Crippen LogP contribution >= 0.6 is 11.6 Å². The molecular weight excluding hydrogens is 425 g/mol. The van der Waals surface area contributed by atoms with Crippen LogP contribution in [-0.2, 0) is 4.79 Å². The molecule has 2 N–H and O–H groups in total. The van der Waals surface area contributed by atoms with Crippen molar-refractivity contribution in [3.8, 4) is 5.88 Å². The van der Waals surface area contributed by atoms with Gasteiger partial charge >= 0.3 is 6.18 Å². The number of ether oxygens (including phenoxy) is 1. The first kappa shape index (κ1) is 22.3. The molecule has 12 heteroatoms. The highest BCUT2D eigenvalue weighted by Crippen LogP contribution is 2.25. The zero-order chi connectivity index (χ0) is 21.8. The molecule has 0 aliphatic carbocycles. The summed E-state index contributed by atoms with van der Waals surface area (Å²) in [6, 6.07) is 2.24. The monoisotopic (exact) mass is 437 g/mol. The zero-order valence-electron chi connectivity index (χ0n) is 14.6. The largest absolute Gasteiger partial charge is 0.467 e. The number of benzene rings is 1. The fraction of sp³-hybridized carbons (Fsp3) is 0.235. The van der Waals surface area contributed by atoms with E-state index in [1.54, 1.807) is 0 Å². The molecule has 1 aromatic carbocycles. The standard InChI is InChI=1S/C17H13ClF5N3O3/c1-24-15(28)13(8-2-3-11(19)12(20)5-8)26-14(27)9-4-10(18)16(25-6-9)29-7-17(21,22)23/h2-6,13H,7H2,1H3,(H,24,28)(H,26,27). The fourth-order valence-electron chi connectivity index (χ4n) is 2.16. The minimum absolute atomic E-state index is 0.0409. The van der Waals surface area contributed by atoms with Gasteiger partial charge in [-0.25, -0.2) is 13.8 Å². The van der Waals surface area contributed by atoms with Gasteiger partial charge in [0.2, 0.25) is 11.8 Å². The molecule has 0 saturated carbocycles. The summed E-state index contributed by atoms with van der Waals surface area (Å²) in [7, 11) is 1.27. The predicted octanol–water partition coefficient (Wildman–Crippen LogP) is 3.17. The van der Waals surface area contributed by atoms with Crippen molar-refractivity contribution in [2.45, 2.75) is 12.2 Å². The fourth-order valence-corrected chi connectivity index (χ4v) is 2.38. The molecule has 2 amide bonds. The highest BCUT2D eigenvalue weighted by atomic mass is 35.5. The number of carbonyl (C=O) groups excluding carboxylic acids is 2. The number of rotatable bonds is 6. The van der Waals surface area contributed by atoms with Crippen LogP contribution in [0.3, 0.4) is 0 Å². The Labute approximate surface area is 166 Å². The summed E-state index contributed by atoms with van der Waals surface area (Å²) in [6.45, 7) is -1.62. The van der Waals surface area contributed by atoms with E-state index >= 15 is 0 Å². The molecule has 0 fully saturated rings. The first-order valence-electron chi connectivity index (χ1n) is 7.84. The lowest BCUT2D eigenvalue weighted by Gasteiger charge is -2.18. The molecule has 156 valence electrons. The molecule has 0 saturated heterocycles. The lowest BCUT2D eigenvalue weighted by atomic mass is 10.1. The number of hydrogen-bond donors (Lipinski definition) is 2. The van der Waals surface area contributed by atoms with Gasteiger partial charge in [0.25, 0.3) is 5.91 Å². The lowest BCUT2D eigenvalue weighted by molar-refractivity contribution is -0.154. The second-order valence-corrected chi connectivity index (χ2v) is 6.02. The Bertz CT molecular complexity index is 924. The van der Waals surface area contributed by atoms with Crippen LogP contribution in [0.1, 0.15) is 22.0 Å². The maximum Gasteiger partial charge on any atom is 0.422 e. The third-order valence-corrected chi connectivity index (χ3v) is 3.77. The summed E-state index contributed by atoms with van der Waals surface area (Å²) >= 11 is 5.78. The van der Waals surface area contributed by atoms with E-state index in [1.165, 1.54) is 7.05 Å². The average Bonchev–Trinajstić information content (AvgIpc) is 2.65. The van der Waals surface area contributed by atoms with Gasteiger partial charge in [-0.2, -0.15) is 13.2 Å². The SMILES string of the molecule is CNC(=O)C(NC(=O)c1cnc(OCC(F)(F)F)c(Cl)c1)c1ccc(F)c(F)c1. The number of nitrogens with zero attached hydrogens (tertiary/aromatic N) is 1. The summed E-state index contributed by atoms with van der Waals surface area (Å²) < 4.78 is 67.6. The Hall–Kier alpha value is -2.95. The Morgan fingerprint density at radius 2 is 1.90 bits per heavy atom. The van der Waals surface area contributed by atoms with E-state index in [0.29, 0.717) is 0 Å². The van der Waals surface area contributed by atoms with Gasteiger partial charge in [-0.3, -0.25) is 9.59 Å². The number of nitrogens with one attached hydrogen (secondary N) is 2. The van der Waals surface area contributed by atoms with Gasteiger partial charge in [0, 0.05) is 13.2 Å². The molecule has 2 rings (SSSR count). The van der Waals surface area contributed by atoms with E-state index in [-0.39, 0.29) is 16.1 Å². The van der Waals surface area contributed by atoms with Crippen molar-refractivity contribution in [2.75, 3.05) is 13.7 Å². The van der Waals surface area contributed by atoms with E-state index in [0.717, 1.165) is 30.5 Å². The number of amides is 2. The van der Waals surface area contributed by atoms with Gasteiger partial charge in [-0.15, -0.1) is 0 Å². The number of halogens is 6. The van der Waals surface area contributed by atoms with Crippen LogP contribution in [0, 0.1) is 11.6 Å². The van der Waals surface area contributed by atoms with Crippen LogP contribution in [0.25, 0.3) is 0 Å². The maximum absolute atomic E-state index is 13.5. The molecule has 0 spiro atoms. The Morgan fingerprint density at radius 3 is 2.45 bits per heavy atom. The normalized spacial score (nSPS) is 12.2. The number of likely N-dealkylation sites (N-methyl/N-ethyl adjacent to an activating group) is 1. The molecule has 1 atom stereocenters. The maximum atomic E-state index is 13.5. The summed E-state index contributed by atoms with van der Waals surface area (Å²) in [5.41, 5.74) is -0.244. The molecule has 0 aliphatic rings. The molecule has 2 aromatic rings. The summed E-state index contributed by atoms with van der Waals surface area (Å²) in [4.78, 5) is 28.0. The van der Waals surface area contributed by atoms with E-state index in [9.17, 15) is 31.5 Å². The van der Waals surface area contributed by atoms with Crippen molar-refractivity contribution in [1.82, 2.24) is 15.6 Å². The second kappa shape index (κ2) is 9.03. The quantitative estimate of drug-likeness (QED) is 0.680. The van der Waals surface area contributed by atoms with Crippen LogP contribution in [0.4, 0.5) is 22.0 Å². The molecule has 0 aliphatic heterocycles. The smallest absolute Gasteiger partial charge is 0.422 e. The van der Waals surface area contributed by atoms with Crippen molar-refractivity contribution in [3.63, 3.8) is 0 Å². The summed E-state index contributed by atoms with van der Waals surface area (Å²) in [5, 5.41) is 4.19. The summed E-state index contributed by atoms with van der Waals surface area (Å²) in [5.74, 6) is -4.51. The third-order valence-electron chi connectivity index (χ3n) is 3.50. The number of carbonyl (C=O) groups is 2. The molecule has 6 nitrogen and oxygen atoms in total. The van der Waals surface area contributed by atoms with Crippen LogP contribution in [0.15, 0.2) is 30.5 Å². The van der Waals surface area contributed by atoms with Crippen molar-refractivity contribution in [2.24, 2.45) is 0 Å².